The summed E-state index contributed by atoms with van der Waals surface area (Å²) in [6.07, 6.45) is 4.26. The zero-order valence-corrected chi connectivity index (χ0v) is 12.8. The summed E-state index contributed by atoms with van der Waals surface area (Å²) in [5.41, 5.74) is 2.26. The minimum absolute atomic E-state index is 0.278. The van der Waals surface area contributed by atoms with Gasteiger partial charge < -0.3 is 4.74 Å². The van der Waals surface area contributed by atoms with Crippen LogP contribution in [0.4, 0.5) is 0 Å². The highest BCUT2D eigenvalue weighted by molar-refractivity contribution is 5.83. The predicted octanol–water partition coefficient (Wildman–Crippen LogP) is 3.67. The van der Waals surface area contributed by atoms with Gasteiger partial charge >= 0.3 is 5.97 Å². The monoisotopic (exact) mass is 295 g/mol. The topological polar surface area (TPSA) is 38.7 Å². The SMILES string of the molecule is COC(=O)C(CCCc1ccccc1)N=Cc1ccccc1. The second-order valence-electron chi connectivity index (χ2n) is 5.11. The Bertz CT molecular complexity index is 593. The molecule has 0 saturated carbocycles. The van der Waals surface area contributed by atoms with Crippen molar-refractivity contribution in [3.05, 3.63) is 71.8 Å². The van der Waals surface area contributed by atoms with E-state index in [0.29, 0.717) is 6.42 Å². The molecule has 3 nitrogen and oxygen atoms in total. The maximum atomic E-state index is 11.8. The molecule has 0 saturated heterocycles. The number of hydrogen-bond acceptors (Lipinski definition) is 3. The van der Waals surface area contributed by atoms with Gasteiger partial charge in [-0.15, -0.1) is 0 Å². The van der Waals surface area contributed by atoms with Gasteiger partial charge in [0.1, 0.15) is 6.04 Å². The van der Waals surface area contributed by atoms with Gasteiger partial charge in [-0.2, -0.15) is 0 Å². The molecule has 114 valence electrons. The second kappa shape index (κ2) is 8.78. The van der Waals surface area contributed by atoms with Crippen molar-refractivity contribution >= 4 is 12.2 Å². The van der Waals surface area contributed by atoms with Crippen LogP contribution in [0.15, 0.2) is 65.7 Å². The van der Waals surface area contributed by atoms with Crippen LogP contribution in [0, 0.1) is 0 Å². The summed E-state index contributed by atoms with van der Waals surface area (Å²) in [6, 6.07) is 19.6. The maximum absolute atomic E-state index is 11.8. The predicted molar refractivity (Wildman–Crippen MR) is 89.2 cm³/mol. The highest BCUT2D eigenvalue weighted by atomic mass is 16.5. The number of rotatable bonds is 7. The summed E-state index contributed by atoms with van der Waals surface area (Å²) in [7, 11) is 1.41. The summed E-state index contributed by atoms with van der Waals surface area (Å²) >= 11 is 0. The lowest BCUT2D eigenvalue weighted by atomic mass is 10.0. The maximum Gasteiger partial charge on any atom is 0.330 e. The fourth-order valence-electron chi connectivity index (χ4n) is 2.25. The van der Waals surface area contributed by atoms with Crippen LogP contribution >= 0.6 is 0 Å². The van der Waals surface area contributed by atoms with E-state index in [4.69, 9.17) is 4.74 Å². The number of ether oxygens (including phenoxy) is 1. The average molecular weight is 295 g/mol. The minimum Gasteiger partial charge on any atom is -0.467 e. The van der Waals surface area contributed by atoms with Crippen LogP contribution in [0.5, 0.6) is 0 Å². The number of aliphatic imine (C=N–C) groups is 1. The number of hydrogen-bond donors (Lipinski definition) is 0. The summed E-state index contributed by atoms with van der Waals surface area (Å²) < 4.78 is 4.85. The van der Waals surface area contributed by atoms with E-state index in [-0.39, 0.29) is 5.97 Å². The molecule has 0 fully saturated rings. The molecule has 0 aliphatic carbocycles. The molecule has 0 aliphatic heterocycles. The molecule has 22 heavy (non-hydrogen) atoms. The minimum atomic E-state index is -0.436. The molecule has 0 aliphatic rings. The molecule has 1 atom stereocenters. The highest BCUT2D eigenvalue weighted by Crippen LogP contribution is 2.10. The van der Waals surface area contributed by atoms with Crippen LogP contribution in [-0.2, 0) is 16.0 Å². The Morgan fingerprint density at radius 2 is 1.73 bits per heavy atom. The number of methoxy groups -OCH3 is 1. The standard InChI is InChI=1S/C19H21NO2/c1-22-19(21)18(20-15-17-11-6-3-7-12-17)14-8-13-16-9-4-2-5-10-16/h2-7,9-12,15,18H,8,13-14H2,1H3. The number of esters is 1. The van der Waals surface area contributed by atoms with Crippen molar-refractivity contribution in [2.45, 2.75) is 25.3 Å². The molecule has 0 radical (unpaired) electrons. The lowest BCUT2D eigenvalue weighted by Gasteiger charge is -2.10. The van der Waals surface area contributed by atoms with E-state index >= 15 is 0 Å². The van der Waals surface area contributed by atoms with Gasteiger partial charge in [-0.1, -0.05) is 60.7 Å². The van der Waals surface area contributed by atoms with Crippen molar-refractivity contribution in [1.29, 1.82) is 0 Å². The molecule has 3 heteroatoms. The van der Waals surface area contributed by atoms with Crippen molar-refractivity contribution in [3.8, 4) is 0 Å². The van der Waals surface area contributed by atoms with Crippen molar-refractivity contribution in [2.24, 2.45) is 4.99 Å². The summed E-state index contributed by atoms with van der Waals surface area (Å²) in [6.45, 7) is 0. The molecule has 2 aromatic rings. The zero-order chi connectivity index (χ0) is 15.6. The van der Waals surface area contributed by atoms with Gasteiger partial charge in [0.05, 0.1) is 7.11 Å². The first-order chi connectivity index (χ1) is 10.8. The van der Waals surface area contributed by atoms with Crippen LogP contribution in [0.25, 0.3) is 0 Å². The van der Waals surface area contributed by atoms with E-state index in [1.165, 1.54) is 12.7 Å². The van der Waals surface area contributed by atoms with Gasteiger partial charge in [-0.3, -0.25) is 4.99 Å². The summed E-state index contributed by atoms with van der Waals surface area (Å²) in [4.78, 5) is 16.2. The number of carbonyl (C=O) groups is 1. The van der Waals surface area contributed by atoms with E-state index in [2.05, 4.69) is 17.1 Å². The fourth-order valence-corrected chi connectivity index (χ4v) is 2.25. The lowest BCUT2D eigenvalue weighted by molar-refractivity contribution is -0.142. The van der Waals surface area contributed by atoms with Gasteiger partial charge in [0.25, 0.3) is 0 Å². The van der Waals surface area contributed by atoms with Crippen LogP contribution in [-0.4, -0.2) is 25.3 Å². The Kier molecular flexibility index (Phi) is 6.37. The third-order valence-electron chi connectivity index (χ3n) is 3.46. The molecule has 0 heterocycles. The normalized spacial score (nSPS) is 12.2. The molecule has 2 rings (SSSR count). The van der Waals surface area contributed by atoms with Gasteiger partial charge in [-0.25, -0.2) is 4.79 Å². The van der Waals surface area contributed by atoms with Crippen LogP contribution < -0.4 is 0 Å². The van der Waals surface area contributed by atoms with Crippen molar-refractivity contribution in [3.63, 3.8) is 0 Å². The smallest absolute Gasteiger partial charge is 0.330 e. The zero-order valence-electron chi connectivity index (χ0n) is 12.8. The molecule has 0 bridgehead atoms. The van der Waals surface area contributed by atoms with Crippen LogP contribution in [0.1, 0.15) is 24.0 Å². The van der Waals surface area contributed by atoms with Crippen molar-refractivity contribution < 1.29 is 9.53 Å². The van der Waals surface area contributed by atoms with Gasteiger partial charge in [0.15, 0.2) is 0 Å². The number of benzene rings is 2. The molecular formula is C19H21NO2. The third-order valence-corrected chi connectivity index (χ3v) is 3.46. The fraction of sp³-hybridized carbons (Fsp3) is 0.263. The molecule has 0 amide bonds. The Morgan fingerprint density at radius 1 is 1.09 bits per heavy atom. The first-order valence-electron chi connectivity index (χ1n) is 7.49. The van der Waals surface area contributed by atoms with E-state index in [1.54, 1.807) is 6.21 Å². The largest absolute Gasteiger partial charge is 0.467 e. The van der Waals surface area contributed by atoms with Gasteiger partial charge in [0, 0.05) is 6.21 Å². The molecular weight excluding hydrogens is 274 g/mol. The first-order valence-corrected chi connectivity index (χ1v) is 7.49. The Hall–Kier alpha value is -2.42. The Balaban J connectivity index is 1.92. The van der Waals surface area contributed by atoms with Crippen molar-refractivity contribution in [2.75, 3.05) is 7.11 Å². The summed E-state index contributed by atoms with van der Waals surface area (Å²) in [5.74, 6) is -0.278. The van der Waals surface area contributed by atoms with Gasteiger partial charge in [-0.05, 0) is 30.4 Å². The van der Waals surface area contributed by atoms with E-state index in [9.17, 15) is 4.79 Å². The average Bonchev–Trinajstić information content (AvgIpc) is 2.59. The molecule has 0 N–H and O–H groups in total. The van der Waals surface area contributed by atoms with Crippen molar-refractivity contribution in [1.82, 2.24) is 0 Å². The lowest BCUT2D eigenvalue weighted by Crippen LogP contribution is -2.20. The Morgan fingerprint density at radius 3 is 2.36 bits per heavy atom. The van der Waals surface area contributed by atoms with Crippen LogP contribution in [0.3, 0.4) is 0 Å². The third kappa shape index (κ3) is 5.17. The Labute approximate surface area is 131 Å². The van der Waals surface area contributed by atoms with Gasteiger partial charge in [0.2, 0.25) is 0 Å². The first kappa shape index (κ1) is 16.0. The highest BCUT2D eigenvalue weighted by Gasteiger charge is 2.16. The molecule has 1 unspecified atom stereocenters. The number of nitrogens with zero attached hydrogens (tertiary/aromatic N) is 1. The van der Waals surface area contributed by atoms with E-state index < -0.39 is 6.04 Å². The number of carbonyl (C=O) groups excluding carboxylic acids is 1. The van der Waals surface area contributed by atoms with Crippen LogP contribution in [0.2, 0.25) is 0 Å². The van der Waals surface area contributed by atoms with E-state index in [1.807, 2.05) is 48.5 Å². The van der Waals surface area contributed by atoms with E-state index in [0.717, 1.165) is 18.4 Å². The quantitative estimate of drug-likeness (QED) is 0.577. The summed E-state index contributed by atoms with van der Waals surface area (Å²) in [5, 5.41) is 0. The second-order valence-corrected chi connectivity index (χ2v) is 5.11. The molecule has 0 spiro atoms. The number of aryl methyl sites for hydroxylation is 1. The molecule has 2 aromatic carbocycles. The molecule has 0 aromatic heterocycles.